The molecule has 1 atom stereocenters. The Hall–Kier alpha value is -2.86. The number of benzene rings is 2. The van der Waals surface area contributed by atoms with Gasteiger partial charge in [0.2, 0.25) is 5.91 Å². The van der Waals surface area contributed by atoms with Gasteiger partial charge in [0, 0.05) is 17.4 Å². The number of carbonyl (C=O) groups excluding carboxylic acids is 1. The zero-order valence-corrected chi connectivity index (χ0v) is 16.4. The number of nitrogens with zero attached hydrogens (tertiary/aromatic N) is 2. The van der Waals surface area contributed by atoms with Crippen LogP contribution in [0.2, 0.25) is 0 Å². The second-order valence-corrected chi connectivity index (χ2v) is 7.51. The molecule has 0 saturated heterocycles. The van der Waals surface area contributed by atoms with Gasteiger partial charge >= 0.3 is 0 Å². The highest BCUT2D eigenvalue weighted by Gasteiger charge is 2.24. The van der Waals surface area contributed by atoms with Crippen molar-refractivity contribution in [3.8, 4) is 0 Å². The van der Waals surface area contributed by atoms with Crippen LogP contribution in [-0.2, 0) is 4.79 Å². The van der Waals surface area contributed by atoms with E-state index >= 15 is 0 Å². The van der Waals surface area contributed by atoms with Crippen LogP contribution in [0.3, 0.4) is 0 Å². The quantitative estimate of drug-likeness (QED) is 0.506. The molecule has 3 aromatic rings. The summed E-state index contributed by atoms with van der Waals surface area (Å²) in [7, 11) is 0. The van der Waals surface area contributed by atoms with Gasteiger partial charge in [-0.1, -0.05) is 54.2 Å². The SMILES string of the molecule is Cc1ccc(C)c(NC(=O)C(Sc2nc(C)cc(N)n2)c2ccccc2)c1. The number of amides is 1. The summed E-state index contributed by atoms with van der Waals surface area (Å²) in [6.07, 6.45) is 0. The molecule has 1 aromatic heterocycles. The smallest absolute Gasteiger partial charge is 0.242 e. The van der Waals surface area contributed by atoms with E-state index in [4.69, 9.17) is 5.73 Å². The molecule has 0 aliphatic rings. The number of thioether (sulfide) groups is 1. The third-order valence-electron chi connectivity index (χ3n) is 4.07. The largest absolute Gasteiger partial charge is 0.384 e. The van der Waals surface area contributed by atoms with Crippen molar-refractivity contribution in [3.63, 3.8) is 0 Å². The van der Waals surface area contributed by atoms with Crippen LogP contribution in [0.1, 0.15) is 27.6 Å². The van der Waals surface area contributed by atoms with Crippen molar-refractivity contribution in [1.82, 2.24) is 9.97 Å². The zero-order valence-electron chi connectivity index (χ0n) is 15.6. The summed E-state index contributed by atoms with van der Waals surface area (Å²) < 4.78 is 0. The van der Waals surface area contributed by atoms with Crippen LogP contribution in [-0.4, -0.2) is 15.9 Å². The Bertz CT molecular complexity index is 939. The summed E-state index contributed by atoms with van der Waals surface area (Å²) >= 11 is 1.29. The van der Waals surface area contributed by atoms with Gasteiger partial charge in [0.25, 0.3) is 0 Å². The van der Waals surface area contributed by atoms with E-state index in [0.29, 0.717) is 11.0 Å². The Balaban J connectivity index is 1.92. The Morgan fingerprint density at radius 3 is 2.48 bits per heavy atom. The normalized spacial score (nSPS) is 11.8. The van der Waals surface area contributed by atoms with Gasteiger partial charge in [-0.05, 0) is 43.5 Å². The maximum atomic E-state index is 13.1. The maximum Gasteiger partial charge on any atom is 0.242 e. The monoisotopic (exact) mass is 378 g/mol. The lowest BCUT2D eigenvalue weighted by atomic mass is 10.1. The van der Waals surface area contributed by atoms with Crippen molar-refractivity contribution < 1.29 is 4.79 Å². The van der Waals surface area contributed by atoms with Gasteiger partial charge in [0.05, 0.1) is 0 Å². The number of hydrogen-bond donors (Lipinski definition) is 2. The first-order chi connectivity index (χ1) is 12.9. The summed E-state index contributed by atoms with van der Waals surface area (Å²) in [4.78, 5) is 21.8. The van der Waals surface area contributed by atoms with Crippen LogP contribution < -0.4 is 11.1 Å². The molecule has 3 N–H and O–H groups in total. The molecular formula is C21H22N4OS. The van der Waals surface area contributed by atoms with Crippen molar-refractivity contribution in [2.75, 3.05) is 11.1 Å². The molecule has 0 fully saturated rings. The van der Waals surface area contributed by atoms with E-state index in [2.05, 4.69) is 15.3 Å². The Kier molecular flexibility index (Phi) is 5.76. The van der Waals surface area contributed by atoms with Gasteiger partial charge in [-0.15, -0.1) is 0 Å². The van der Waals surface area contributed by atoms with Gasteiger partial charge < -0.3 is 11.1 Å². The van der Waals surface area contributed by atoms with Crippen molar-refractivity contribution in [1.29, 1.82) is 0 Å². The molecule has 6 heteroatoms. The number of rotatable bonds is 5. The zero-order chi connectivity index (χ0) is 19.4. The van der Waals surface area contributed by atoms with Crippen LogP contribution in [0.4, 0.5) is 11.5 Å². The molecule has 1 heterocycles. The Morgan fingerprint density at radius 1 is 1.04 bits per heavy atom. The number of hydrogen-bond acceptors (Lipinski definition) is 5. The number of nitrogens with two attached hydrogens (primary N) is 1. The van der Waals surface area contributed by atoms with Crippen LogP contribution >= 0.6 is 11.8 Å². The summed E-state index contributed by atoms with van der Waals surface area (Å²) in [6.45, 7) is 5.84. The molecule has 0 radical (unpaired) electrons. The molecule has 0 saturated carbocycles. The third kappa shape index (κ3) is 4.86. The molecule has 2 aromatic carbocycles. The second-order valence-electron chi connectivity index (χ2n) is 6.43. The Morgan fingerprint density at radius 2 is 1.78 bits per heavy atom. The minimum absolute atomic E-state index is 0.122. The molecule has 0 aliphatic heterocycles. The fourth-order valence-corrected chi connectivity index (χ4v) is 3.72. The molecule has 0 aliphatic carbocycles. The number of aryl methyl sites for hydroxylation is 3. The first-order valence-corrected chi connectivity index (χ1v) is 9.51. The number of nitrogens with one attached hydrogen (secondary N) is 1. The molecule has 27 heavy (non-hydrogen) atoms. The minimum Gasteiger partial charge on any atom is -0.384 e. The van der Waals surface area contributed by atoms with Crippen molar-refractivity contribution >= 4 is 29.2 Å². The molecule has 138 valence electrons. The molecule has 0 bridgehead atoms. The predicted molar refractivity (Wildman–Crippen MR) is 111 cm³/mol. The Labute approximate surface area is 163 Å². The summed E-state index contributed by atoms with van der Waals surface area (Å²) in [5.41, 5.74) is 10.4. The van der Waals surface area contributed by atoms with Gasteiger partial charge in [-0.3, -0.25) is 4.79 Å². The third-order valence-corrected chi connectivity index (χ3v) is 5.18. The topological polar surface area (TPSA) is 80.9 Å². The van der Waals surface area contributed by atoms with Crippen molar-refractivity contribution in [2.45, 2.75) is 31.2 Å². The van der Waals surface area contributed by atoms with Crippen molar-refractivity contribution in [3.05, 3.63) is 77.0 Å². The van der Waals surface area contributed by atoms with Crippen molar-refractivity contribution in [2.24, 2.45) is 0 Å². The standard InChI is InChI=1S/C21H22N4OS/c1-13-9-10-14(2)17(11-13)24-20(26)19(16-7-5-4-6-8-16)27-21-23-15(3)12-18(22)25-21/h4-12,19H,1-3H3,(H,24,26)(H2,22,23,25). The highest BCUT2D eigenvalue weighted by Crippen LogP contribution is 2.35. The van der Waals surface area contributed by atoms with E-state index in [1.165, 1.54) is 11.8 Å². The summed E-state index contributed by atoms with van der Waals surface area (Å²) in [5, 5.41) is 3.04. The molecule has 3 rings (SSSR count). The first-order valence-electron chi connectivity index (χ1n) is 8.63. The number of carbonyl (C=O) groups is 1. The highest BCUT2D eigenvalue weighted by atomic mass is 32.2. The minimum atomic E-state index is -0.493. The number of aromatic nitrogens is 2. The summed E-state index contributed by atoms with van der Waals surface area (Å²) in [6, 6.07) is 17.3. The lowest BCUT2D eigenvalue weighted by Crippen LogP contribution is -2.20. The molecular weight excluding hydrogens is 356 g/mol. The van der Waals surface area contributed by atoms with E-state index < -0.39 is 5.25 Å². The number of anilines is 2. The average molecular weight is 379 g/mol. The fraction of sp³-hybridized carbons (Fsp3) is 0.190. The van der Waals surface area contributed by atoms with Gasteiger partial charge in [-0.25, -0.2) is 9.97 Å². The molecule has 0 spiro atoms. The van der Waals surface area contributed by atoms with E-state index in [-0.39, 0.29) is 5.91 Å². The predicted octanol–water partition coefficient (Wildman–Crippen LogP) is 4.46. The van der Waals surface area contributed by atoms with Gasteiger partial charge in [0.1, 0.15) is 11.1 Å². The van der Waals surface area contributed by atoms with Crippen LogP contribution in [0.15, 0.2) is 59.8 Å². The van der Waals surface area contributed by atoms with E-state index in [9.17, 15) is 4.79 Å². The van der Waals surface area contributed by atoms with Gasteiger partial charge in [0.15, 0.2) is 5.16 Å². The first kappa shape index (κ1) is 18.9. The summed E-state index contributed by atoms with van der Waals surface area (Å²) in [5.74, 6) is 0.273. The highest BCUT2D eigenvalue weighted by molar-refractivity contribution is 8.00. The van der Waals surface area contributed by atoms with E-state index in [1.54, 1.807) is 6.07 Å². The lowest BCUT2D eigenvalue weighted by molar-refractivity contribution is -0.115. The van der Waals surface area contributed by atoms with E-state index in [1.807, 2.05) is 69.3 Å². The molecule has 1 amide bonds. The lowest BCUT2D eigenvalue weighted by Gasteiger charge is -2.18. The average Bonchev–Trinajstić information content (AvgIpc) is 2.62. The molecule has 5 nitrogen and oxygen atoms in total. The van der Waals surface area contributed by atoms with Crippen LogP contribution in [0.25, 0.3) is 0 Å². The maximum absolute atomic E-state index is 13.1. The van der Waals surface area contributed by atoms with Crippen LogP contribution in [0.5, 0.6) is 0 Å². The second kappa shape index (κ2) is 8.22. The fourth-order valence-electron chi connectivity index (χ4n) is 2.69. The van der Waals surface area contributed by atoms with Crippen LogP contribution in [0, 0.1) is 20.8 Å². The molecule has 1 unspecified atom stereocenters. The number of nitrogen functional groups attached to an aromatic ring is 1. The van der Waals surface area contributed by atoms with E-state index in [0.717, 1.165) is 28.1 Å². The van der Waals surface area contributed by atoms with Gasteiger partial charge in [-0.2, -0.15) is 0 Å².